The van der Waals surface area contributed by atoms with E-state index in [4.69, 9.17) is 5.11 Å². The number of nitrogens with zero attached hydrogens (tertiary/aromatic N) is 2. The van der Waals surface area contributed by atoms with Gasteiger partial charge in [-0.3, -0.25) is 19.2 Å². The van der Waals surface area contributed by atoms with Crippen LogP contribution in [0.3, 0.4) is 0 Å². The predicted molar refractivity (Wildman–Crippen MR) is 88.2 cm³/mol. The highest BCUT2D eigenvalue weighted by atomic mass is 32.1. The average Bonchev–Trinajstić information content (AvgIpc) is 3.04. The molecule has 24 heavy (non-hydrogen) atoms. The minimum Gasteiger partial charge on any atom is -0.481 e. The van der Waals surface area contributed by atoms with E-state index in [-0.39, 0.29) is 30.7 Å². The highest BCUT2D eigenvalue weighted by molar-refractivity contribution is 7.12. The topological polar surface area (TPSA) is 95.0 Å². The largest absolute Gasteiger partial charge is 0.481 e. The molecule has 1 aliphatic heterocycles. The van der Waals surface area contributed by atoms with Gasteiger partial charge in [0.1, 0.15) is 0 Å². The Morgan fingerprint density at radius 2 is 2.08 bits per heavy atom. The number of carbonyl (C=O) groups is 4. The number of carbonyl (C=O) groups excluding carboxylic acids is 3. The number of aliphatic carboxylic acids is 1. The maximum Gasteiger partial charge on any atom is 0.308 e. The number of amides is 2. The van der Waals surface area contributed by atoms with Crippen LogP contribution in [0.5, 0.6) is 0 Å². The summed E-state index contributed by atoms with van der Waals surface area (Å²) in [6.07, 6.45) is 1.21. The monoisotopic (exact) mass is 352 g/mol. The molecule has 0 radical (unpaired) electrons. The lowest BCUT2D eigenvalue weighted by molar-refractivity contribution is -0.145. The molecule has 1 unspecified atom stereocenters. The summed E-state index contributed by atoms with van der Waals surface area (Å²) in [5, 5.41) is 10.7. The first-order valence-electron chi connectivity index (χ1n) is 7.65. The molecule has 2 rings (SSSR count). The first kappa shape index (κ1) is 18.1. The van der Waals surface area contributed by atoms with Crippen LogP contribution in [0.15, 0.2) is 11.4 Å². The van der Waals surface area contributed by atoms with Crippen molar-refractivity contribution in [2.75, 3.05) is 26.7 Å². The van der Waals surface area contributed by atoms with Crippen LogP contribution in [0.25, 0.3) is 0 Å². The molecule has 1 aliphatic rings. The fourth-order valence-corrected chi connectivity index (χ4v) is 3.54. The van der Waals surface area contributed by atoms with E-state index in [1.54, 1.807) is 5.38 Å². The summed E-state index contributed by atoms with van der Waals surface area (Å²) in [7, 11) is 1.52. The van der Waals surface area contributed by atoms with Gasteiger partial charge in [0, 0.05) is 31.1 Å². The fraction of sp³-hybridized carbons (Fsp3) is 0.500. The van der Waals surface area contributed by atoms with Gasteiger partial charge in [0.15, 0.2) is 5.78 Å². The van der Waals surface area contributed by atoms with Crippen LogP contribution in [0.4, 0.5) is 0 Å². The summed E-state index contributed by atoms with van der Waals surface area (Å²) in [5.41, 5.74) is 0.475. The van der Waals surface area contributed by atoms with Gasteiger partial charge in [-0.25, -0.2) is 0 Å². The maximum absolute atomic E-state index is 12.3. The third kappa shape index (κ3) is 4.19. The van der Waals surface area contributed by atoms with Crippen molar-refractivity contribution in [2.45, 2.75) is 19.8 Å². The van der Waals surface area contributed by atoms with Crippen molar-refractivity contribution in [3.63, 3.8) is 0 Å². The lowest BCUT2D eigenvalue weighted by Gasteiger charge is -2.31. The molecule has 1 N–H and O–H groups in total. The molecule has 8 heteroatoms. The zero-order valence-electron chi connectivity index (χ0n) is 13.7. The van der Waals surface area contributed by atoms with Gasteiger partial charge in [0.05, 0.1) is 17.3 Å². The highest BCUT2D eigenvalue weighted by Gasteiger charge is 2.29. The van der Waals surface area contributed by atoms with E-state index in [0.29, 0.717) is 29.8 Å². The molecule has 1 saturated heterocycles. The minimum absolute atomic E-state index is 0.113. The summed E-state index contributed by atoms with van der Waals surface area (Å²) < 4.78 is 0. The van der Waals surface area contributed by atoms with E-state index in [1.165, 1.54) is 41.2 Å². The number of carboxylic acids is 1. The lowest BCUT2D eigenvalue weighted by atomic mass is 9.98. The SMILES string of the molecule is CC(=O)c1csc(C(=O)N(C)CC(=O)N2CCCC(C(=O)O)C2)c1. The van der Waals surface area contributed by atoms with Crippen LogP contribution in [-0.4, -0.2) is 65.2 Å². The van der Waals surface area contributed by atoms with Crippen LogP contribution in [0.1, 0.15) is 39.8 Å². The van der Waals surface area contributed by atoms with E-state index in [0.717, 1.165) is 0 Å². The Bertz CT molecular complexity index is 669. The minimum atomic E-state index is -0.896. The number of hydrogen-bond acceptors (Lipinski definition) is 5. The zero-order valence-corrected chi connectivity index (χ0v) is 14.5. The molecule has 2 heterocycles. The van der Waals surface area contributed by atoms with Gasteiger partial charge in [-0.05, 0) is 25.8 Å². The smallest absolute Gasteiger partial charge is 0.308 e. The second-order valence-corrected chi connectivity index (χ2v) is 6.85. The molecule has 0 bridgehead atoms. The summed E-state index contributed by atoms with van der Waals surface area (Å²) in [6.45, 7) is 2.01. The average molecular weight is 352 g/mol. The van der Waals surface area contributed by atoms with Gasteiger partial charge in [-0.15, -0.1) is 11.3 Å². The number of likely N-dealkylation sites (N-methyl/N-ethyl adjacent to an activating group) is 1. The molecule has 130 valence electrons. The molecule has 0 spiro atoms. The molecule has 2 amide bonds. The van der Waals surface area contributed by atoms with Crippen LogP contribution in [0.2, 0.25) is 0 Å². The molecule has 7 nitrogen and oxygen atoms in total. The van der Waals surface area contributed by atoms with Crippen molar-refractivity contribution in [1.82, 2.24) is 9.80 Å². The molecule has 1 fully saturated rings. The lowest BCUT2D eigenvalue weighted by Crippen LogP contribution is -2.46. The summed E-state index contributed by atoms with van der Waals surface area (Å²) in [4.78, 5) is 50.2. The molecule has 0 saturated carbocycles. The van der Waals surface area contributed by atoms with E-state index in [9.17, 15) is 19.2 Å². The zero-order chi connectivity index (χ0) is 17.9. The molecular weight excluding hydrogens is 332 g/mol. The number of thiophene rings is 1. The summed E-state index contributed by atoms with van der Waals surface area (Å²) in [6, 6.07) is 1.53. The van der Waals surface area contributed by atoms with E-state index < -0.39 is 11.9 Å². The Labute approximate surface area is 143 Å². The van der Waals surface area contributed by atoms with Gasteiger partial charge in [0.25, 0.3) is 5.91 Å². The van der Waals surface area contributed by atoms with E-state index in [2.05, 4.69) is 0 Å². The van der Waals surface area contributed by atoms with Crippen molar-refractivity contribution >= 4 is 34.9 Å². The summed E-state index contributed by atoms with van der Waals surface area (Å²) >= 11 is 1.17. The van der Waals surface area contributed by atoms with Gasteiger partial charge >= 0.3 is 5.97 Å². The van der Waals surface area contributed by atoms with Crippen molar-refractivity contribution in [3.05, 3.63) is 21.9 Å². The number of ketones is 1. The first-order chi connectivity index (χ1) is 11.3. The van der Waals surface area contributed by atoms with E-state index in [1.807, 2.05) is 0 Å². The molecule has 0 aliphatic carbocycles. The Kier molecular flexibility index (Phi) is 5.71. The molecule has 1 aromatic rings. The third-order valence-electron chi connectivity index (χ3n) is 4.06. The second kappa shape index (κ2) is 7.57. The van der Waals surface area contributed by atoms with Gasteiger partial charge in [-0.2, -0.15) is 0 Å². The first-order valence-corrected chi connectivity index (χ1v) is 8.53. The van der Waals surface area contributed by atoms with Crippen molar-refractivity contribution in [1.29, 1.82) is 0 Å². The van der Waals surface area contributed by atoms with Crippen LogP contribution in [-0.2, 0) is 9.59 Å². The Balaban J connectivity index is 1.96. The Hall–Kier alpha value is -2.22. The number of hydrogen-bond donors (Lipinski definition) is 1. The number of rotatable bonds is 5. The van der Waals surface area contributed by atoms with Crippen LogP contribution in [0, 0.1) is 5.92 Å². The van der Waals surface area contributed by atoms with Gasteiger partial charge in [0.2, 0.25) is 5.91 Å². The van der Waals surface area contributed by atoms with E-state index >= 15 is 0 Å². The third-order valence-corrected chi connectivity index (χ3v) is 4.98. The quantitative estimate of drug-likeness (QED) is 0.807. The second-order valence-electron chi connectivity index (χ2n) is 5.93. The maximum atomic E-state index is 12.3. The standard InChI is InChI=1S/C16H20N2O5S/c1-10(19)12-6-13(24-9-12)15(21)17(2)8-14(20)18-5-3-4-11(7-18)16(22)23/h6,9,11H,3-5,7-8H2,1-2H3,(H,22,23). The van der Waals surface area contributed by atoms with Crippen molar-refractivity contribution in [2.24, 2.45) is 5.92 Å². The number of Topliss-reactive ketones (excluding diaryl/α,β-unsaturated/α-hetero) is 1. The van der Waals surface area contributed by atoms with Crippen LogP contribution < -0.4 is 0 Å². The Morgan fingerprint density at radius 1 is 1.38 bits per heavy atom. The van der Waals surface area contributed by atoms with Crippen molar-refractivity contribution in [3.8, 4) is 0 Å². The van der Waals surface area contributed by atoms with Crippen LogP contribution >= 0.6 is 11.3 Å². The van der Waals surface area contributed by atoms with Gasteiger partial charge < -0.3 is 14.9 Å². The normalized spacial score (nSPS) is 17.4. The number of piperidine rings is 1. The number of carboxylic acid groups (broad SMARTS) is 1. The van der Waals surface area contributed by atoms with Crippen molar-refractivity contribution < 1.29 is 24.3 Å². The number of likely N-dealkylation sites (tertiary alicyclic amines) is 1. The highest BCUT2D eigenvalue weighted by Crippen LogP contribution is 2.19. The molecule has 1 aromatic heterocycles. The molecule has 0 aromatic carbocycles. The fourth-order valence-electron chi connectivity index (χ4n) is 2.60. The summed E-state index contributed by atoms with van der Waals surface area (Å²) in [5.74, 6) is -2.14. The Morgan fingerprint density at radius 3 is 2.67 bits per heavy atom. The van der Waals surface area contributed by atoms with Gasteiger partial charge in [-0.1, -0.05) is 0 Å². The molecular formula is C16H20N2O5S. The molecule has 1 atom stereocenters. The predicted octanol–water partition coefficient (Wildman–Crippen LogP) is 1.35.